The predicted octanol–water partition coefficient (Wildman–Crippen LogP) is 4.93. The van der Waals surface area contributed by atoms with Crippen LogP contribution in [0.4, 0.5) is 0 Å². The molecule has 19 heavy (non-hydrogen) atoms. The van der Waals surface area contributed by atoms with Gasteiger partial charge in [-0.15, -0.1) is 11.3 Å². The highest BCUT2D eigenvalue weighted by molar-refractivity contribution is 9.10. The van der Waals surface area contributed by atoms with Gasteiger partial charge in [-0.25, -0.2) is 0 Å². The zero-order valence-electron chi connectivity index (χ0n) is 10.2. The number of rotatable bonds is 2. The number of nitrogens with zero attached hydrogens (tertiary/aromatic N) is 1. The van der Waals surface area contributed by atoms with E-state index in [1.165, 1.54) is 11.3 Å². The van der Waals surface area contributed by atoms with Crippen LogP contribution in [0.5, 0.6) is 0 Å². The van der Waals surface area contributed by atoms with Gasteiger partial charge in [-0.2, -0.15) is 0 Å². The number of carbonyl (C=O) groups excluding carboxylic acids is 1. The lowest BCUT2D eigenvalue weighted by atomic mass is 10.1. The second-order valence-corrected chi connectivity index (χ2v) is 6.25. The van der Waals surface area contributed by atoms with Crippen molar-refractivity contribution in [2.75, 3.05) is 0 Å². The first kappa shape index (κ1) is 12.5. The number of carbonyl (C=O) groups is 1. The molecule has 0 radical (unpaired) electrons. The summed E-state index contributed by atoms with van der Waals surface area (Å²) in [6.07, 6.45) is 1.80. The lowest BCUT2D eigenvalue weighted by Gasteiger charge is -2.03. The Hall–Kier alpha value is -1.52. The minimum Gasteiger partial charge on any atom is -0.294 e. The molecule has 0 atom stereocenters. The second kappa shape index (κ2) is 4.87. The van der Waals surface area contributed by atoms with Crippen molar-refractivity contribution in [1.29, 1.82) is 0 Å². The molecule has 0 saturated carbocycles. The number of pyridine rings is 1. The highest BCUT2D eigenvalue weighted by Crippen LogP contribution is 2.33. The molecule has 0 unspecified atom stereocenters. The molecule has 0 aliphatic rings. The fraction of sp³-hybridized carbons (Fsp3) is 0.0667. The summed E-state index contributed by atoms with van der Waals surface area (Å²) in [6, 6.07) is 12.0. The summed E-state index contributed by atoms with van der Waals surface area (Å²) < 4.78 is 0.966. The quantitative estimate of drug-likeness (QED) is 0.623. The minimum atomic E-state index is 0.104. The monoisotopic (exact) mass is 331 g/mol. The molecule has 94 valence electrons. The summed E-state index contributed by atoms with van der Waals surface area (Å²) in [5.74, 6) is 0.104. The van der Waals surface area contributed by atoms with Crippen LogP contribution in [-0.4, -0.2) is 10.8 Å². The van der Waals surface area contributed by atoms with Gasteiger partial charge in [-0.1, -0.05) is 18.2 Å². The number of fused-ring (bicyclic) bond motifs is 1. The summed E-state index contributed by atoms with van der Waals surface area (Å²) in [6.45, 7) is 1.59. The SMILES string of the molecule is CC(=O)c1ccc(-c2cccc3cc(Br)cnc23)s1. The Balaban J connectivity index is 2.21. The van der Waals surface area contributed by atoms with Crippen molar-refractivity contribution in [3.05, 3.63) is 51.9 Å². The van der Waals surface area contributed by atoms with Crippen molar-refractivity contribution >= 4 is 44.0 Å². The van der Waals surface area contributed by atoms with Gasteiger partial charge in [0.1, 0.15) is 0 Å². The van der Waals surface area contributed by atoms with E-state index >= 15 is 0 Å². The van der Waals surface area contributed by atoms with Crippen LogP contribution in [0.25, 0.3) is 21.3 Å². The van der Waals surface area contributed by atoms with E-state index in [0.717, 1.165) is 30.7 Å². The van der Waals surface area contributed by atoms with E-state index in [1.54, 1.807) is 13.1 Å². The van der Waals surface area contributed by atoms with Gasteiger partial charge in [0.05, 0.1) is 10.4 Å². The fourth-order valence-corrected chi connectivity index (χ4v) is 3.28. The highest BCUT2D eigenvalue weighted by atomic mass is 79.9. The van der Waals surface area contributed by atoms with E-state index in [9.17, 15) is 4.79 Å². The summed E-state index contributed by atoms with van der Waals surface area (Å²) in [7, 11) is 0. The number of Topliss-reactive ketones (excluding diaryl/α,β-unsaturated/α-hetero) is 1. The van der Waals surface area contributed by atoms with E-state index < -0.39 is 0 Å². The molecule has 3 aromatic rings. The summed E-state index contributed by atoms with van der Waals surface area (Å²) in [5, 5.41) is 1.09. The van der Waals surface area contributed by atoms with Crippen molar-refractivity contribution in [3.63, 3.8) is 0 Å². The third-order valence-electron chi connectivity index (χ3n) is 2.90. The van der Waals surface area contributed by atoms with Gasteiger partial charge in [-0.3, -0.25) is 9.78 Å². The Morgan fingerprint density at radius 1 is 1.26 bits per heavy atom. The average Bonchev–Trinajstić information content (AvgIpc) is 2.87. The number of benzene rings is 1. The largest absolute Gasteiger partial charge is 0.294 e. The maximum atomic E-state index is 11.4. The van der Waals surface area contributed by atoms with Gasteiger partial charge in [-0.05, 0) is 41.1 Å². The number of halogens is 1. The molecule has 0 N–H and O–H groups in total. The molecule has 0 saturated heterocycles. The normalized spacial score (nSPS) is 10.8. The van der Waals surface area contributed by atoms with Gasteiger partial charge in [0.25, 0.3) is 0 Å². The van der Waals surface area contributed by atoms with Crippen LogP contribution in [-0.2, 0) is 0 Å². The zero-order valence-corrected chi connectivity index (χ0v) is 12.6. The van der Waals surface area contributed by atoms with Crippen molar-refractivity contribution in [2.45, 2.75) is 6.92 Å². The third kappa shape index (κ3) is 2.33. The predicted molar refractivity (Wildman–Crippen MR) is 82.8 cm³/mol. The lowest BCUT2D eigenvalue weighted by Crippen LogP contribution is -1.84. The summed E-state index contributed by atoms with van der Waals surface area (Å²) >= 11 is 4.94. The van der Waals surface area contributed by atoms with Crippen LogP contribution in [0.15, 0.2) is 47.1 Å². The molecule has 0 bridgehead atoms. The van der Waals surface area contributed by atoms with Gasteiger partial charge < -0.3 is 0 Å². The maximum Gasteiger partial charge on any atom is 0.169 e. The molecule has 0 aliphatic heterocycles. The summed E-state index contributed by atoms with van der Waals surface area (Å²) in [5.41, 5.74) is 2.03. The van der Waals surface area contributed by atoms with Gasteiger partial charge in [0.15, 0.2) is 5.78 Å². The maximum absolute atomic E-state index is 11.4. The first-order valence-corrected chi connectivity index (χ1v) is 7.41. The molecule has 0 amide bonds. The smallest absolute Gasteiger partial charge is 0.169 e. The molecular weight excluding hydrogens is 322 g/mol. The van der Waals surface area contributed by atoms with E-state index in [-0.39, 0.29) is 5.78 Å². The Labute approximate surface area is 123 Å². The first-order chi connectivity index (χ1) is 9.15. The van der Waals surface area contributed by atoms with Crippen molar-refractivity contribution in [2.24, 2.45) is 0 Å². The number of ketones is 1. The van der Waals surface area contributed by atoms with Gasteiger partial charge in [0.2, 0.25) is 0 Å². The van der Waals surface area contributed by atoms with Crippen LogP contribution >= 0.6 is 27.3 Å². The van der Waals surface area contributed by atoms with Crippen molar-refractivity contribution in [3.8, 4) is 10.4 Å². The minimum absolute atomic E-state index is 0.104. The number of thiophene rings is 1. The second-order valence-electron chi connectivity index (χ2n) is 4.25. The van der Waals surface area contributed by atoms with Gasteiger partial charge in [0, 0.05) is 26.5 Å². The third-order valence-corrected chi connectivity index (χ3v) is 4.55. The molecule has 2 aromatic heterocycles. The van der Waals surface area contributed by atoms with Crippen LogP contribution < -0.4 is 0 Å². The number of para-hydroxylation sites is 1. The molecule has 0 spiro atoms. The first-order valence-electron chi connectivity index (χ1n) is 5.80. The topological polar surface area (TPSA) is 30.0 Å². The fourth-order valence-electron chi connectivity index (χ4n) is 2.00. The molecule has 0 aliphatic carbocycles. The number of hydrogen-bond acceptors (Lipinski definition) is 3. The molecule has 4 heteroatoms. The van der Waals surface area contributed by atoms with Crippen molar-refractivity contribution in [1.82, 2.24) is 4.98 Å². The van der Waals surface area contributed by atoms with E-state index in [4.69, 9.17) is 0 Å². The Morgan fingerprint density at radius 2 is 2.11 bits per heavy atom. The molecule has 3 rings (SSSR count). The molecule has 0 fully saturated rings. The standard InChI is InChI=1S/C15H10BrNOS/c1-9(18)13-5-6-14(19-13)12-4-2-3-10-7-11(16)8-17-15(10)12/h2-8H,1H3. The van der Waals surface area contributed by atoms with E-state index in [2.05, 4.69) is 20.9 Å². The Morgan fingerprint density at radius 3 is 2.84 bits per heavy atom. The van der Waals surface area contributed by atoms with Crippen LogP contribution in [0.1, 0.15) is 16.6 Å². The van der Waals surface area contributed by atoms with Crippen LogP contribution in [0, 0.1) is 0 Å². The number of hydrogen-bond donors (Lipinski definition) is 0. The molecular formula is C15H10BrNOS. The number of aromatic nitrogens is 1. The van der Waals surface area contributed by atoms with Crippen molar-refractivity contribution < 1.29 is 4.79 Å². The van der Waals surface area contributed by atoms with E-state index in [1.807, 2.05) is 36.4 Å². The Kier molecular flexibility index (Phi) is 3.21. The lowest BCUT2D eigenvalue weighted by molar-refractivity contribution is 0.102. The van der Waals surface area contributed by atoms with Crippen LogP contribution in [0.2, 0.25) is 0 Å². The van der Waals surface area contributed by atoms with Crippen LogP contribution in [0.3, 0.4) is 0 Å². The molecule has 1 aromatic carbocycles. The zero-order chi connectivity index (χ0) is 13.4. The molecule has 2 nitrogen and oxygen atoms in total. The van der Waals surface area contributed by atoms with Gasteiger partial charge >= 0.3 is 0 Å². The summed E-state index contributed by atoms with van der Waals surface area (Å²) in [4.78, 5) is 17.7. The average molecular weight is 332 g/mol. The molecule has 2 heterocycles. The van der Waals surface area contributed by atoms with E-state index in [0.29, 0.717) is 0 Å². The Bertz CT molecular complexity index is 779. The highest BCUT2D eigenvalue weighted by Gasteiger charge is 2.10.